The van der Waals surface area contributed by atoms with Gasteiger partial charge in [-0.3, -0.25) is 15.0 Å². The summed E-state index contributed by atoms with van der Waals surface area (Å²) in [5.41, 5.74) is 4.19. The highest BCUT2D eigenvalue weighted by Gasteiger charge is 2.48. The smallest absolute Gasteiger partial charge is 0.265 e. The van der Waals surface area contributed by atoms with Gasteiger partial charge in [-0.2, -0.15) is 0 Å². The Morgan fingerprint density at radius 2 is 1.56 bits per heavy atom. The number of hydrogen-bond acceptors (Lipinski definition) is 4. The fraction of sp³-hybridized carbons (Fsp3) is 0.357. The summed E-state index contributed by atoms with van der Waals surface area (Å²) in [6.07, 6.45) is 1.02. The summed E-state index contributed by atoms with van der Waals surface area (Å²) in [6, 6.07) is 17.6. The lowest BCUT2D eigenvalue weighted by molar-refractivity contribution is -0.0874. The second kappa shape index (κ2) is 8.76. The molecule has 34 heavy (non-hydrogen) atoms. The molecule has 1 aliphatic heterocycles. The minimum Gasteiger partial charge on any atom is -0.507 e. The quantitative estimate of drug-likeness (QED) is 0.475. The van der Waals surface area contributed by atoms with Crippen LogP contribution in [0.1, 0.15) is 61.8 Å². The molecular weight excluding hydrogens is 426 g/mol. The summed E-state index contributed by atoms with van der Waals surface area (Å²) < 4.78 is 0. The molecule has 2 amide bonds. The van der Waals surface area contributed by atoms with Crippen LogP contribution >= 0.6 is 0 Å². The van der Waals surface area contributed by atoms with E-state index in [1.165, 1.54) is 0 Å². The minimum absolute atomic E-state index is 0.0427. The van der Waals surface area contributed by atoms with Crippen molar-refractivity contribution in [2.75, 3.05) is 11.9 Å². The molecule has 4 rings (SSSR count). The van der Waals surface area contributed by atoms with Crippen molar-refractivity contribution in [1.29, 1.82) is 0 Å². The first-order valence-electron chi connectivity index (χ1n) is 11.7. The van der Waals surface area contributed by atoms with Crippen LogP contribution in [0.3, 0.4) is 0 Å². The molecule has 178 valence electrons. The van der Waals surface area contributed by atoms with Crippen LogP contribution in [0.2, 0.25) is 0 Å². The number of hydrogen-bond donors (Lipinski definition) is 3. The average Bonchev–Trinajstić information content (AvgIpc) is 2.80. The van der Waals surface area contributed by atoms with Crippen LogP contribution in [-0.4, -0.2) is 34.0 Å². The summed E-state index contributed by atoms with van der Waals surface area (Å²) >= 11 is 0. The highest BCUT2D eigenvalue weighted by molar-refractivity contribution is 6.08. The number of benzene rings is 3. The highest BCUT2D eigenvalue weighted by atomic mass is 16.3. The van der Waals surface area contributed by atoms with Crippen molar-refractivity contribution < 1.29 is 14.7 Å². The van der Waals surface area contributed by atoms with Crippen LogP contribution in [0, 0.1) is 11.3 Å². The monoisotopic (exact) mass is 459 g/mol. The normalized spacial score (nSPS) is 19.5. The van der Waals surface area contributed by atoms with Crippen molar-refractivity contribution in [2.24, 2.45) is 11.3 Å². The number of hydrazine groups is 1. The predicted molar refractivity (Wildman–Crippen MR) is 136 cm³/mol. The lowest BCUT2D eigenvalue weighted by Gasteiger charge is -2.56. The minimum atomic E-state index is -0.410. The number of carbonyl (C=O) groups excluding carboxylic acids is 2. The van der Waals surface area contributed by atoms with Gasteiger partial charge >= 0.3 is 0 Å². The Labute approximate surface area is 200 Å². The molecule has 6 heteroatoms. The van der Waals surface area contributed by atoms with E-state index in [1.807, 2.05) is 29.3 Å². The Morgan fingerprint density at radius 3 is 2.21 bits per heavy atom. The van der Waals surface area contributed by atoms with Crippen LogP contribution in [-0.2, 0) is 0 Å². The van der Waals surface area contributed by atoms with Crippen molar-refractivity contribution in [1.82, 2.24) is 10.4 Å². The largest absolute Gasteiger partial charge is 0.507 e. The Bertz CT molecular complexity index is 1230. The summed E-state index contributed by atoms with van der Waals surface area (Å²) in [5, 5.41) is 16.9. The number of rotatable bonds is 4. The van der Waals surface area contributed by atoms with E-state index in [9.17, 15) is 14.7 Å². The average molecular weight is 460 g/mol. The molecule has 0 radical (unpaired) electrons. The third kappa shape index (κ3) is 4.26. The van der Waals surface area contributed by atoms with Gasteiger partial charge in [0.2, 0.25) is 0 Å². The van der Waals surface area contributed by atoms with Gasteiger partial charge < -0.3 is 10.4 Å². The van der Waals surface area contributed by atoms with E-state index in [0.29, 0.717) is 17.2 Å². The summed E-state index contributed by atoms with van der Waals surface area (Å²) in [7, 11) is 0. The van der Waals surface area contributed by atoms with Gasteiger partial charge in [0.15, 0.2) is 0 Å². The molecule has 0 spiro atoms. The van der Waals surface area contributed by atoms with Crippen LogP contribution in [0.5, 0.6) is 5.75 Å². The predicted octanol–water partition coefficient (Wildman–Crippen LogP) is 5.59. The van der Waals surface area contributed by atoms with Gasteiger partial charge in [-0.05, 0) is 78.8 Å². The molecule has 0 bridgehead atoms. The summed E-state index contributed by atoms with van der Waals surface area (Å²) in [5.74, 6) is -0.107. The van der Waals surface area contributed by atoms with E-state index in [1.54, 1.807) is 36.4 Å². The molecular formula is C28H33N3O3. The molecule has 3 aromatic carbocycles. The zero-order valence-corrected chi connectivity index (χ0v) is 20.5. The topological polar surface area (TPSA) is 81.7 Å². The lowest BCUT2D eigenvalue weighted by atomic mass is 9.63. The Balaban J connectivity index is 1.45. The maximum atomic E-state index is 12.9. The Kier molecular flexibility index (Phi) is 6.13. The van der Waals surface area contributed by atoms with Crippen molar-refractivity contribution in [3.63, 3.8) is 0 Å². The van der Waals surface area contributed by atoms with Crippen molar-refractivity contribution >= 4 is 28.3 Å². The van der Waals surface area contributed by atoms with Crippen molar-refractivity contribution in [3.05, 3.63) is 71.8 Å². The standard InChI is InChI=1S/C28H33N3O3/c1-18-14-15-31(28(4,5)27(18,2)3)30-25(33)19-10-12-22(13-11-19)29-26(34)23-16-20-8-6-7-9-21(20)17-24(23)32/h6-13,16-18,32H,14-15H2,1-5H3,(H,29,34)(H,30,33). The molecule has 1 unspecified atom stereocenters. The summed E-state index contributed by atoms with van der Waals surface area (Å²) in [4.78, 5) is 25.7. The van der Waals surface area contributed by atoms with Gasteiger partial charge in [0.1, 0.15) is 5.75 Å². The van der Waals surface area contributed by atoms with Gasteiger partial charge in [0, 0.05) is 23.3 Å². The first kappa shape index (κ1) is 23.8. The molecule has 0 saturated carbocycles. The Hall–Kier alpha value is -3.38. The lowest BCUT2D eigenvalue weighted by Crippen LogP contribution is -2.65. The maximum Gasteiger partial charge on any atom is 0.265 e. The number of aromatic hydroxyl groups is 1. The van der Waals surface area contributed by atoms with Gasteiger partial charge in [-0.15, -0.1) is 0 Å². The first-order valence-corrected chi connectivity index (χ1v) is 11.7. The van der Waals surface area contributed by atoms with Gasteiger partial charge in [-0.25, -0.2) is 5.01 Å². The molecule has 1 atom stereocenters. The summed E-state index contributed by atoms with van der Waals surface area (Å²) in [6.45, 7) is 11.9. The molecule has 0 aromatic heterocycles. The molecule has 1 aliphatic rings. The number of phenols is 1. The van der Waals surface area contributed by atoms with Crippen molar-refractivity contribution in [3.8, 4) is 5.75 Å². The van der Waals surface area contributed by atoms with Gasteiger partial charge in [0.25, 0.3) is 11.8 Å². The first-order chi connectivity index (χ1) is 16.0. The number of amides is 2. The molecule has 1 heterocycles. The Morgan fingerprint density at radius 1 is 0.941 bits per heavy atom. The number of fused-ring (bicyclic) bond motifs is 1. The molecule has 1 saturated heterocycles. The number of nitrogens with zero attached hydrogens (tertiary/aromatic N) is 1. The van der Waals surface area contributed by atoms with E-state index in [-0.39, 0.29) is 28.2 Å². The number of phenolic OH excluding ortho intramolecular Hbond substituents is 1. The number of nitrogens with one attached hydrogen (secondary N) is 2. The van der Waals surface area contributed by atoms with Crippen LogP contribution in [0.25, 0.3) is 10.8 Å². The zero-order chi connectivity index (χ0) is 24.7. The van der Waals surface area contributed by atoms with Crippen LogP contribution in [0.4, 0.5) is 5.69 Å². The third-order valence-corrected chi connectivity index (χ3v) is 8.02. The second-order valence-corrected chi connectivity index (χ2v) is 10.3. The van der Waals surface area contributed by atoms with Crippen molar-refractivity contribution in [2.45, 2.75) is 46.6 Å². The van der Waals surface area contributed by atoms with E-state index in [0.717, 1.165) is 23.7 Å². The van der Waals surface area contributed by atoms with E-state index in [2.05, 4.69) is 45.4 Å². The number of piperidine rings is 1. The van der Waals surface area contributed by atoms with Crippen LogP contribution < -0.4 is 10.7 Å². The van der Waals surface area contributed by atoms with E-state index < -0.39 is 5.91 Å². The molecule has 3 aromatic rings. The third-order valence-electron chi connectivity index (χ3n) is 8.02. The van der Waals surface area contributed by atoms with E-state index >= 15 is 0 Å². The highest BCUT2D eigenvalue weighted by Crippen LogP contribution is 2.46. The fourth-order valence-electron chi connectivity index (χ4n) is 4.61. The number of carbonyl (C=O) groups is 2. The van der Waals surface area contributed by atoms with Gasteiger partial charge in [-0.1, -0.05) is 45.0 Å². The van der Waals surface area contributed by atoms with Gasteiger partial charge in [0.05, 0.1) is 5.56 Å². The maximum absolute atomic E-state index is 12.9. The second-order valence-electron chi connectivity index (χ2n) is 10.3. The molecule has 1 fully saturated rings. The molecule has 3 N–H and O–H groups in total. The fourth-order valence-corrected chi connectivity index (χ4v) is 4.61. The van der Waals surface area contributed by atoms with E-state index in [4.69, 9.17) is 0 Å². The molecule has 0 aliphatic carbocycles. The zero-order valence-electron chi connectivity index (χ0n) is 20.5. The van der Waals surface area contributed by atoms with Crippen LogP contribution in [0.15, 0.2) is 60.7 Å². The SMILES string of the molecule is CC1CCN(NC(=O)c2ccc(NC(=O)c3cc4ccccc4cc3O)cc2)C(C)(C)C1(C)C. The number of anilines is 1. The molecule has 6 nitrogen and oxygen atoms in total.